The maximum Gasteiger partial charge on any atom is 0.244 e. The Morgan fingerprint density at radius 2 is 2.15 bits per heavy atom. The minimum Gasteiger partial charge on any atom is -0.384 e. The van der Waals surface area contributed by atoms with E-state index in [1.54, 1.807) is 0 Å². The first-order valence-electron chi connectivity index (χ1n) is 5.43. The van der Waals surface area contributed by atoms with Crippen LogP contribution in [0.1, 0.15) is 5.56 Å². The van der Waals surface area contributed by atoms with E-state index in [1.807, 2.05) is 0 Å². The fourth-order valence-corrected chi connectivity index (χ4v) is 2.69. The third kappa shape index (κ3) is 3.77. The van der Waals surface area contributed by atoms with E-state index in [9.17, 15) is 17.6 Å². The van der Waals surface area contributed by atoms with Crippen LogP contribution in [0, 0.1) is 17.7 Å². The standard InChI is InChI=1S/C12H13FN2O4S/c1-15(8-12(14)17)20(18,19)11-5-4-10(13)7-9(11)3-2-6-16/h4-5,7,16H,6,8H2,1H3,(H2,14,17). The first-order valence-corrected chi connectivity index (χ1v) is 6.87. The van der Waals surface area contributed by atoms with Crippen LogP contribution in [-0.4, -0.2) is 43.9 Å². The molecule has 20 heavy (non-hydrogen) atoms. The molecule has 3 N–H and O–H groups in total. The Balaban J connectivity index is 3.34. The lowest BCUT2D eigenvalue weighted by Crippen LogP contribution is -2.35. The van der Waals surface area contributed by atoms with Gasteiger partial charge in [0, 0.05) is 12.6 Å². The predicted octanol–water partition coefficient (Wildman–Crippen LogP) is -0.725. The van der Waals surface area contributed by atoms with Crippen LogP contribution < -0.4 is 5.73 Å². The summed E-state index contributed by atoms with van der Waals surface area (Å²) in [5.74, 6) is 3.12. The van der Waals surface area contributed by atoms with E-state index in [1.165, 1.54) is 7.05 Å². The number of amides is 1. The van der Waals surface area contributed by atoms with Gasteiger partial charge in [-0.2, -0.15) is 4.31 Å². The minimum atomic E-state index is -4.03. The summed E-state index contributed by atoms with van der Waals surface area (Å²) in [7, 11) is -2.86. The number of hydrogen-bond acceptors (Lipinski definition) is 4. The molecule has 0 spiro atoms. The van der Waals surface area contributed by atoms with Crippen LogP contribution in [-0.2, 0) is 14.8 Å². The molecule has 0 aromatic heterocycles. The van der Waals surface area contributed by atoms with Crippen molar-refractivity contribution in [3.8, 4) is 11.8 Å². The second-order valence-corrected chi connectivity index (χ2v) is 5.84. The molecule has 108 valence electrons. The molecule has 6 nitrogen and oxygen atoms in total. The molecule has 0 saturated carbocycles. The van der Waals surface area contributed by atoms with Gasteiger partial charge in [0.05, 0.1) is 11.4 Å². The lowest BCUT2D eigenvalue weighted by molar-refractivity contribution is -0.118. The van der Waals surface area contributed by atoms with Gasteiger partial charge < -0.3 is 10.8 Å². The molecular formula is C12H13FN2O4S. The predicted molar refractivity (Wildman–Crippen MR) is 69.4 cm³/mol. The molecule has 0 unspecified atom stereocenters. The second kappa shape index (κ2) is 6.47. The van der Waals surface area contributed by atoms with E-state index in [0.29, 0.717) is 0 Å². The summed E-state index contributed by atoms with van der Waals surface area (Å²) < 4.78 is 38.4. The van der Waals surface area contributed by atoms with Gasteiger partial charge in [-0.1, -0.05) is 11.8 Å². The molecule has 8 heteroatoms. The Bertz CT molecular complexity index is 676. The number of rotatable bonds is 4. The highest BCUT2D eigenvalue weighted by Crippen LogP contribution is 2.19. The average molecular weight is 300 g/mol. The van der Waals surface area contributed by atoms with E-state index in [4.69, 9.17) is 10.8 Å². The van der Waals surface area contributed by atoms with Gasteiger partial charge in [-0.15, -0.1) is 0 Å². The molecule has 0 fully saturated rings. The van der Waals surface area contributed by atoms with Crippen LogP contribution in [0.25, 0.3) is 0 Å². The third-order valence-electron chi connectivity index (χ3n) is 2.31. The summed E-state index contributed by atoms with van der Waals surface area (Å²) in [5.41, 5.74) is 4.84. The van der Waals surface area contributed by atoms with Gasteiger partial charge in [0.1, 0.15) is 12.4 Å². The number of nitrogens with two attached hydrogens (primary N) is 1. The number of carbonyl (C=O) groups is 1. The minimum absolute atomic E-state index is 0.102. The highest BCUT2D eigenvalue weighted by atomic mass is 32.2. The number of primary amides is 1. The zero-order valence-corrected chi connectivity index (χ0v) is 11.4. The quantitative estimate of drug-likeness (QED) is 0.716. The van der Waals surface area contributed by atoms with Crippen molar-refractivity contribution in [3.05, 3.63) is 29.6 Å². The number of carbonyl (C=O) groups excluding carboxylic acids is 1. The van der Waals surface area contributed by atoms with Crippen LogP contribution in [0.4, 0.5) is 4.39 Å². The van der Waals surface area contributed by atoms with Gasteiger partial charge in [0.15, 0.2) is 0 Å². The van der Waals surface area contributed by atoms with Crippen LogP contribution in [0.2, 0.25) is 0 Å². The molecule has 0 heterocycles. The van der Waals surface area contributed by atoms with Crippen LogP contribution in [0.3, 0.4) is 0 Å². The van der Waals surface area contributed by atoms with E-state index in [-0.39, 0.29) is 10.5 Å². The maximum atomic E-state index is 13.2. The van der Waals surface area contributed by atoms with Crippen molar-refractivity contribution in [3.63, 3.8) is 0 Å². The SMILES string of the molecule is CN(CC(N)=O)S(=O)(=O)c1ccc(F)cc1C#CCO. The summed E-state index contributed by atoms with van der Waals surface area (Å²) >= 11 is 0. The number of aliphatic hydroxyl groups excluding tert-OH is 1. The summed E-state index contributed by atoms with van der Waals surface area (Å²) in [6.45, 7) is -1.00. The van der Waals surface area contributed by atoms with Crippen LogP contribution >= 0.6 is 0 Å². The van der Waals surface area contributed by atoms with E-state index in [0.717, 1.165) is 22.5 Å². The van der Waals surface area contributed by atoms with E-state index < -0.39 is 34.9 Å². The molecule has 0 aliphatic heterocycles. The Labute approximate surface area is 116 Å². The molecule has 1 rings (SSSR count). The van der Waals surface area contributed by atoms with Crippen molar-refractivity contribution in [2.24, 2.45) is 5.73 Å². The monoisotopic (exact) mass is 300 g/mol. The van der Waals surface area contributed by atoms with Gasteiger partial charge in [-0.05, 0) is 18.2 Å². The Kier molecular flexibility index (Phi) is 5.21. The van der Waals surface area contributed by atoms with Crippen LogP contribution in [0.15, 0.2) is 23.1 Å². The number of halogens is 1. The lowest BCUT2D eigenvalue weighted by Gasteiger charge is -2.16. The van der Waals surface area contributed by atoms with Gasteiger partial charge in [0.25, 0.3) is 0 Å². The first kappa shape index (κ1) is 16.1. The highest BCUT2D eigenvalue weighted by Gasteiger charge is 2.24. The van der Waals surface area contributed by atoms with Gasteiger partial charge in [-0.25, -0.2) is 12.8 Å². The number of benzene rings is 1. The van der Waals surface area contributed by atoms with Crippen molar-refractivity contribution in [1.82, 2.24) is 4.31 Å². The summed E-state index contributed by atoms with van der Waals surface area (Å²) in [5, 5.41) is 8.63. The van der Waals surface area contributed by atoms with Gasteiger partial charge >= 0.3 is 0 Å². The average Bonchev–Trinajstić information content (AvgIpc) is 2.35. The topological polar surface area (TPSA) is 101 Å². The lowest BCUT2D eigenvalue weighted by atomic mass is 10.2. The normalized spacial score (nSPS) is 11.0. The number of sulfonamides is 1. The van der Waals surface area contributed by atoms with E-state index in [2.05, 4.69) is 11.8 Å². The number of likely N-dealkylation sites (N-methyl/N-ethyl adjacent to an activating group) is 1. The highest BCUT2D eigenvalue weighted by molar-refractivity contribution is 7.89. The van der Waals surface area contributed by atoms with Crippen molar-refractivity contribution in [2.45, 2.75) is 4.90 Å². The molecule has 0 radical (unpaired) electrons. The molecule has 0 saturated heterocycles. The molecule has 1 aromatic carbocycles. The zero-order chi connectivity index (χ0) is 15.3. The summed E-state index contributed by atoms with van der Waals surface area (Å²) in [6.07, 6.45) is 0. The maximum absolute atomic E-state index is 13.2. The fraction of sp³-hybridized carbons (Fsp3) is 0.250. The number of aliphatic hydroxyl groups is 1. The largest absolute Gasteiger partial charge is 0.384 e. The summed E-state index contributed by atoms with van der Waals surface area (Å²) in [4.78, 5) is 10.5. The molecule has 0 atom stereocenters. The Hall–Kier alpha value is -1.95. The first-order chi connectivity index (χ1) is 9.28. The molecule has 0 aliphatic rings. The van der Waals surface area contributed by atoms with Crippen molar-refractivity contribution in [1.29, 1.82) is 0 Å². The second-order valence-electron chi connectivity index (χ2n) is 3.83. The zero-order valence-electron chi connectivity index (χ0n) is 10.6. The molecule has 0 bridgehead atoms. The molecule has 1 aromatic rings. The summed E-state index contributed by atoms with van der Waals surface area (Å²) in [6, 6.07) is 2.95. The van der Waals surface area contributed by atoms with Crippen molar-refractivity contribution in [2.75, 3.05) is 20.2 Å². The van der Waals surface area contributed by atoms with Crippen molar-refractivity contribution >= 4 is 15.9 Å². The molecular weight excluding hydrogens is 287 g/mol. The smallest absolute Gasteiger partial charge is 0.244 e. The van der Waals surface area contributed by atoms with Gasteiger partial charge in [-0.3, -0.25) is 4.79 Å². The van der Waals surface area contributed by atoms with Crippen molar-refractivity contribution < 1.29 is 22.7 Å². The fourth-order valence-electron chi connectivity index (χ4n) is 1.43. The van der Waals surface area contributed by atoms with Gasteiger partial charge in [0.2, 0.25) is 15.9 Å². The molecule has 1 amide bonds. The third-order valence-corrected chi connectivity index (χ3v) is 4.17. The molecule has 0 aliphatic carbocycles. The Morgan fingerprint density at radius 1 is 1.50 bits per heavy atom. The van der Waals surface area contributed by atoms with E-state index >= 15 is 0 Å². The van der Waals surface area contributed by atoms with Crippen LogP contribution in [0.5, 0.6) is 0 Å². The number of nitrogens with zero attached hydrogens (tertiary/aromatic N) is 1. The Morgan fingerprint density at radius 3 is 2.70 bits per heavy atom. The number of hydrogen-bond donors (Lipinski definition) is 2.